The molecule has 3 heteroatoms. The highest BCUT2D eigenvalue weighted by molar-refractivity contribution is 6.05. The molecular formula is C21H28N2O. The number of aliphatic hydroxyl groups is 1. The number of hydrazone groups is 1. The van der Waals surface area contributed by atoms with Crippen molar-refractivity contribution in [3.8, 4) is 0 Å². The van der Waals surface area contributed by atoms with E-state index in [1.807, 2.05) is 14.1 Å². The highest BCUT2D eigenvalue weighted by atomic mass is 16.3. The zero-order valence-electron chi connectivity index (χ0n) is 15.2. The van der Waals surface area contributed by atoms with E-state index in [9.17, 15) is 5.11 Å². The van der Waals surface area contributed by atoms with Gasteiger partial charge in [0.1, 0.15) is 0 Å². The second-order valence-corrected chi connectivity index (χ2v) is 6.29. The molecule has 128 valence electrons. The van der Waals surface area contributed by atoms with Gasteiger partial charge in [0.05, 0.1) is 11.8 Å². The van der Waals surface area contributed by atoms with Crippen molar-refractivity contribution < 1.29 is 5.11 Å². The Labute approximate surface area is 145 Å². The van der Waals surface area contributed by atoms with Crippen LogP contribution in [-0.2, 0) is 0 Å². The van der Waals surface area contributed by atoms with Gasteiger partial charge in [-0.3, -0.25) is 0 Å². The van der Waals surface area contributed by atoms with Gasteiger partial charge in [-0.2, -0.15) is 5.10 Å². The molecule has 0 amide bonds. The average Bonchev–Trinajstić information content (AvgIpc) is 2.92. The monoisotopic (exact) mass is 324 g/mol. The van der Waals surface area contributed by atoms with Crippen LogP contribution in [0.1, 0.15) is 33.1 Å². The van der Waals surface area contributed by atoms with Gasteiger partial charge in [-0.05, 0) is 37.3 Å². The fraction of sp³-hybridized carbons (Fsp3) is 0.381. The van der Waals surface area contributed by atoms with Crippen molar-refractivity contribution >= 4 is 5.71 Å². The second kappa shape index (κ2) is 8.65. The molecule has 1 N–H and O–H groups in total. The normalized spacial score (nSPS) is 19.6. The molecule has 3 nitrogen and oxygen atoms in total. The Morgan fingerprint density at radius 2 is 2.00 bits per heavy atom. The van der Waals surface area contributed by atoms with Gasteiger partial charge in [0, 0.05) is 19.7 Å². The third-order valence-electron chi connectivity index (χ3n) is 4.07. The van der Waals surface area contributed by atoms with Crippen molar-refractivity contribution in [3.05, 3.63) is 70.9 Å². The zero-order chi connectivity index (χ0) is 17.5. The topological polar surface area (TPSA) is 35.8 Å². The maximum atomic E-state index is 10.0. The van der Waals surface area contributed by atoms with Crippen molar-refractivity contribution in [2.75, 3.05) is 14.1 Å². The third kappa shape index (κ3) is 4.93. The number of nitrogens with zero attached hydrogens (tertiary/aromatic N) is 2. The summed E-state index contributed by atoms with van der Waals surface area (Å²) in [5.74, 6) is 0. The van der Waals surface area contributed by atoms with Crippen molar-refractivity contribution in [3.63, 3.8) is 0 Å². The van der Waals surface area contributed by atoms with Crippen LogP contribution in [0.5, 0.6) is 0 Å². The van der Waals surface area contributed by atoms with E-state index in [0.717, 1.165) is 24.8 Å². The first kappa shape index (κ1) is 18.2. The minimum Gasteiger partial charge on any atom is -0.387 e. The molecular weight excluding hydrogens is 296 g/mol. The van der Waals surface area contributed by atoms with Crippen LogP contribution in [-0.4, -0.2) is 36.0 Å². The lowest BCUT2D eigenvalue weighted by atomic mass is 10.0. The Kier molecular flexibility index (Phi) is 6.56. The Hall–Kier alpha value is -2.13. The quantitative estimate of drug-likeness (QED) is 0.604. The molecule has 0 bridgehead atoms. The van der Waals surface area contributed by atoms with E-state index in [0.29, 0.717) is 5.71 Å². The molecule has 2 aliphatic carbocycles. The molecule has 0 heterocycles. The Bertz CT molecular complexity index is 668. The van der Waals surface area contributed by atoms with E-state index in [2.05, 4.69) is 60.6 Å². The summed E-state index contributed by atoms with van der Waals surface area (Å²) in [7, 11) is 3.73. The van der Waals surface area contributed by atoms with Gasteiger partial charge >= 0.3 is 0 Å². The molecule has 1 unspecified atom stereocenters. The molecule has 0 saturated carbocycles. The van der Waals surface area contributed by atoms with Crippen LogP contribution < -0.4 is 0 Å². The lowest BCUT2D eigenvalue weighted by Gasteiger charge is -2.13. The van der Waals surface area contributed by atoms with Crippen molar-refractivity contribution in [2.45, 2.75) is 39.2 Å². The standard InChI is InChI=1S/C21H28N2O/c1-5-17-8-6-9-18(13-12-17)19-10-7-11-20(15-14-19)21(16(2)24)22-23(3)4/h7-9,11-16,24H,5-6,10H2,1-4H3/b22-21+. The fourth-order valence-corrected chi connectivity index (χ4v) is 2.78. The first-order valence-electron chi connectivity index (χ1n) is 8.60. The number of rotatable bonds is 5. The smallest absolute Gasteiger partial charge is 0.0959 e. The summed E-state index contributed by atoms with van der Waals surface area (Å²) < 4.78 is 0. The molecule has 2 rings (SSSR count). The van der Waals surface area contributed by atoms with Crippen LogP contribution >= 0.6 is 0 Å². The van der Waals surface area contributed by atoms with E-state index in [4.69, 9.17) is 0 Å². The predicted molar refractivity (Wildman–Crippen MR) is 103 cm³/mol. The van der Waals surface area contributed by atoms with Crippen LogP contribution in [0.2, 0.25) is 0 Å². The lowest BCUT2D eigenvalue weighted by Crippen LogP contribution is -2.21. The molecule has 2 aliphatic rings. The van der Waals surface area contributed by atoms with Gasteiger partial charge in [0.2, 0.25) is 0 Å². The molecule has 0 aromatic rings. The van der Waals surface area contributed by atoms with Crippen molar-refractivity contribution in [1.82, 2.24) is 5.01 Å². The maximum Gasteiger partial charge on any atom is 0.0959 e. The van der Waals surface area contributed by atoms with E-state index < -0.39 is 6.10 Å². The SMILES string of the molecule is CCC1=CCC=C(C2=CC=C(/C(=N/N(C)C)C(C)O)C=CC2)C=C1. The van der Waals surface area contributed by atoms with Crippen LogP contribution in [0.4, 0.5) is 0 Å². The van der Waals surface area contributed by atoms with Gasteiger partial charge < -0.3 is 10.1 Å². The van der Waals surface area contributed by atoms with Crippen molar-refractivity contribution in [1.29, 1.82) is 0 Å². The third-order valence-corrected chi connectivity index (χ3v) is 4.07. The van der Waals surface area contributed by atoms with Gasteiger partial charge in [-0.1, -0.05) is 61.1 Å². The molecule has 0 radical (unpaired) electrons. The molecule has 1 atom stereocenters. The lowest BCUT2D eigenvalue weighted by molar-refractivity contribution is 0.258. The summed E-state index contributed by atoms with van der Waals surface area (Å²) in [5, 5.41) is 16.2. The first-order chi connectivity index (χ1) is 11.5. The van der Waals surface area contributed by atoms with E-state index in [-0.39, 0.29) is 0 Å². The van der Waals surface area contributed by atoms with Gasteiger partial charge in [0.25, 0.3) is 0 Å². The largest absolute Gasteiger partial charge is 0.387 e. The molecule has 0 aromatic heterocycles. The average molecular weight is 324 g/mol. The van der Waals surface area contributed by atoms with Gasteiger partial charge in [-0.15, -0.1) is 0 Å². The highest BCUT2D eigenvalue weighted by Gasteiger charge is 2.13. The Balaban J connectivity index is 2.28. The van der Waals surface area contributed by atoms with Gasteiger partial charge in [-0.25, -0.2) is 0 Å². The summed E-state index contributed by atoms with van der Waals surface area (Å²) in [6.45, 7) is 3.94. The first-order valence-corrected chi connectivity index (χ1v) is 8.60. The summed E-state index contributed by atoms with van der Waals surface area (Å²) in [6, 6.07) is 0. The van der Waals surface area contributed by atoms with Crippen LogP contribution in [0, 0.1) is 0 Å². The Morgan fingerprint density at radius 3 is 2.67 bits per heavy atom. The molecule has 0 saturated heterocycles. The molecule has 0 spiro atoms. The minimum absolute atomic E-state index is 0.605. The minimum atomic E-state index is -0.605. The highest BCUT2D eigenvalue weighted by Crippen LogP contribution is 2.24. The van der Waals surface area contributed by atoms with E-state index in [1.54, 1.807) is 11.9 Å². The van der Waals surface area contributed by atoms with Gasteiger partial charge in [0.15, 0.2) is 0 Å². The van der Waals surface area contributed by atoms with Crippen LogP contribution in [0.15, 0.2) is 76.0 Å². The molecule has 0 aliphatic heterocycles. The summed E-state index contributed by atoms with van der Waals surface area (Å²) >= 11 is 0. The van der Waals surface area contributed by atoms with Crippen LogP contribution in [0.3, 0.4) is 0 Å². The number of allylic oxidation sites excluding steroid dienone is 11. The van der Waals surface area contributed by atoms with E-state index in [1.165, 1.54) is 16.7 Å². The second-order valence-electron chi connectivity index (χ2n) is 6.29. The molecule has 24 heavy (non-hydrogen) atoms. The predicted octanol–water partition coefficient (Wildman–Crippen LogP) is 4.32. The zero-order valence-corrected chi connectivity index (χ0v) is 15.2. The number of aliphatic hydroxyl groups excluding tert-OH is 1. The van der Waals surface area contributed by atoms with Crippen LogP contribution in [0.25, 0.3) is 0 Å². The van der Waals surface area contributed by atoms with E-state index >= 15 is 0 Å². The molecule has 0 fully saturated rings. The molecule has 0 aromatic carbocycles. The summed E-state index contributed by atoms with van der Waals surface area (Å²) in [5.41, 5.74) is 5.60. The Morgan fingerprint density at radius 1 is 1.21 bits per heavy atom. The fourth-order valence-electron chi connectivity index (χ4n) is 2.78. The number of hydrogen-bond acceptors (Lipinski definition) is 3. The summed E-state index contributed by atoms with van der Waals surface area (Å²) in [4.78, 5) is 0. The number of hydrogen-bond donors (Lipinski definition) is 1. The maximum absolute atomic E-state index is 10.0. The summed E-state index contributed by atoms with van der Waals surface area (Å²) in [6.07, 6.45) is 19.7. The van der Waals surface area contributed by atoms with Crippen molar-refractivity contribution in [2.24, 2.45) is 5.10 Å².